The van der Waals surface area contributed by atoms with Gasteiger partial charge in [0, 0.05) is 12.6 Å². The number of likely N-dealkylation sites (N-methyl/N-ethyl adjacent to an activating group) is 1. The highest BCUT2D eigenvalue weighted by atomic mass is 19.1. The molecule has 6 nitrogen and oxygen atoms in total. The first-order valence-corrected chi connectivity index (χ1v) is 5.98. The van der Waals surface area contributed by atoms with Gasteiger partial charge in [-0.3, -0.25) is 9.59 Å². The van der Waals surface area contributed by atoms with Gasteiger partial charge in [-0.1, -0.05) is 0 Å². The van der Waals surface area contributed by atoms with Crippen molar-refractivity contribution in [2.45, 2.75) is 0 Å². The molecule has 0 bridgehead atoms. The zero-order valence-electron chi connectivity index (χ0n) is 11.4. The number of methoxy groups -OCH3 is 1. The summed E-state index contributed by atoms with van der Waals surface area (Å²) in [6.07, 6.45) is 0. The molecule has 0 atom stereocenters. The van der Waals surface area contributed by atoms with Gasteiger partial charge in [0.25, 0.3) is 5.91 Å². The Hall–Kier alpha value is -2.31. The Morgan fingerprint density at radius 1 is 1.30 bits per heavy atom. The number of hydrogen-bond donors (Lipinski definition) is 2. The number of benzene rings is 1. The van der Waals surface area contributed by atoms with E-state index in [1.165, 1.54) is 32.4 Å². The fourth-order valence-corrected chi connectivity index (χ4v) is 1.43. The lowest BCUT2D eigenvalue weighted by molar-refractivity contribution is -0.119. The number of rotatable bonds is 7. The van der Waals surface area contributed by atoms with Crippen LogP contribution in [0.5, 0.6) is 11.5 Å². The second-order valence-electron chi connectivity index (χ2n) is 3.76. The van der Waals surface area contributed by atoms with Gasteiger partial charge >= 0.3 is 0 Å². The summed E-state index contributed by atoms with van der Waals surface area (Å²) in [7, 11) is 2.90. The van der Waals surface area contributed by atoms with Crippen LogP contribution >= 0.6 is 0 Å². The molecule has 2 N–H and O–H groups in total. The second-order valence-corrected chi connectivity index (χ2v) is 3.76. The lowest BCUT2D eigenvalue weighted by Gasteiger charge is -2.11. The van der Waals surface area contributed by atoms with E-state index in [2.05, 4.69) is 10.6 Å². The summed E-state index contributed by atoms with van der Waals surface area (Å²) in [4.78, 5) is 22.8. The Morgan fingerprint density at radius 3 is 2.65 bits per heavy atom. The topological polar surface area (TPSA) is 76.7 Å². The third-order valence-corrected chi connectivity index (χ3v) is 2.45. The van der Waals surface area contributed by atoms with Crippen molar-refractivity contribution in [2.24, 2.45) is 0 Å². The van der Waals surface area contributed by atoms with Crippen LogP contribution in [-0.2, 0) is 4.79 Å². The van der Waals surface area contributed by atoms with E-state index in [1.807, 2.05) is 0 Å². The normalized spacial score (nSPS) is 9.75. The van der Waals surface area contributed by atoms with Gasteiger partial charge in [-0.15, -0.1) is 0 Å². The molecular formula is C13H17FN2O4. The lowest BCUT2D eigenvalue weighted by atomic mass is 10.2. The minimum absolute atomic E-state index is 0.0847. The lowest BCUT2D eigenvalue weighted by Crippen LogP contribution is -2.35. The summed E-state index contributed by atoms with van der Waals surface area (Å²) < 4.78 is 22.3. The molecule has 0 heterocycles. The van der Waals surface area contributed by atoms with Gasteiger partial charge in [0.15, 0.2) is 11.5 Å². The van der Waals surface area contributed by atoms with E-state index in [-0.39, 0.29) is 19.1 Å². The maximum absolute atomic E-state index is 12.1. The molecule has 2 amide bonds. The van der Waals surface area contributed by atoms with Crippen molar-refractivity contribution in [3.63, 3.8) is 0 Å². The molecule has 0 aliphatic rings. The summed E-state index contributed by atoms with van der Waals surface area (Å²) in [5, 5.41) is 4.85. The first-order valence-electron chi connectivity index (χ1n) is 5.98. The van der Waals surface area contributed by atoms with Gasteiger partial charge in [-0.2, -0.15) is 0 Å². The number of hydrogen-bond acceptors (Lipinski definition) is 4. The Morgan fingerprint density at radius 2 is 2.05 bits per heavy atom. The van der Waals surface area contributed by atoms with Gasteiger partial charge in [0.05, 0.1) is 13.7 Å². The van der Waals surface area contributed by atoms with Crippen LogP contribution in [0.2, 0.25) is 0 Å². The van der Waals surface area contributed by atoms with Crippen molar-refractivity contribution in [2.75, 3.05) is 34.0 Å². The van der Waals surface area contributed by atoms with E-state index in [0.29, 0.717) is 17.1 Å². The first kappa shape index (κ1) is 15.7. The highest BCUT2D eigenvalue weighted by Gasteiger charge is 2.11. The van der Waals surface area contributed by atoms with Crippen LogP contribution in [0.15, 0.2) is 18.2 Å². The fourth-order valence-electron chi connectivity index (χ4n) is 1.43. The van der Waals surface area contributed by atoms with Crippen molar-refractivity contribution in [3.05, 3.63) is 23.8 Å². The average Bonchev–Trinajstić information content (AvgIpc) is 2.49. The van der Waals surface area contributed by atoms with E-state index in [1.54, 1.807) is 0 Å². The van der Waals surface area contributed by atoms with Crippen LogP contribution in [0.4, 0.5) is 4.39 Å². The Bertz CT molecular complexity index is 479. The zero-order valence-corrected chi connectivity index (χ0v) is 11.4. The highest BCUT2D eigenvalue weighted by molar-refractivity contribution is 5.97. The monoisotopic (exact) mass is 284 g/mol. The number of amides is 2. The number of ether oxygens (including phenoxy) is 2. The zero-order chi connectivity index (χ0) is 15.0. The van der Waals surface area contributed by atoms with Gasteiger partial charge < -0.3 is 20.1 Å². The third-order valence-electron chi connectivity index (χ3n) is 2.45. The number of carbonyl (C=O) groups is 2. The van der Waals surface area contributed by atoms with Crippen molar-refractivity contribution in [3.8, 4) is 11.5 Å². The maximum atomic E-state index is 12.1. The molecule has 0 aliphatic heterocycles. The first-order chi connectivity index (χ1) is 9.62. The molecule has 0 radical (unpaired) electrons. The minimum atomic E-state index is -0.614. The molecular weight excluding hydrogens is 267 g/mol. The van der Waals surface area contributed by atoms with E-state index >= 15 is 0 Å². The number of carbonyl (C=O) groups excluding carboxylic acids is 2. The van der Waals surface area contributed by atoms with Gasteiger partial charge in [0.2, 0.25) is 5.91 Å². The quantitative estimate of drug-likeness (QED) is 0.765. The summed E-state index contributed by atoms with van der Waals surface area (Å²) in [5.74, 6) is -0.0313. The van der Waals surface area contributed by atoms with Gasteiger partial charge in [-0.05, 0) is 18.2 Å². The predicted molar refractivity (Wildman–Crippen MR) is 70.9 cm³/mol. The van der Waals surface area contributed by atoms with E-state index in [9.17, 15) is 14.0 Å². The van der Waals surface area contributed by atoms with Crippen molar-refractivity contribution in [1.29, 1.82) is 0 Å². The summed E-state index contributed by atoms with van der Waals surface area (Å²) in [6.45, 7) is -0.812. The van der Waals surface area contributed by atoms with Gasteiger partial charge in [-0.25, -0.2) is 4.39 Å². The Labute approximate surface area is 116 Å². The molecule has 0 unspecified atom stereocenters. The molecule has 7 heteroatoms. The summed E-state index contributed by atoms with van der Waals surface area (Å²) >= 11 is 0. The third kappa shape index (κ3) is 4.42. The SMILES string of the molecule is CNC(=O)CNC(=O)c1ccc(OCCF)c(OC)c1. The van der Waals surface area contributed by atoms with Crippen molar-refractivity contribution in [1.82, 2.24) is 10.6 Å². The smallest absolute Gasteiger partial charge is 0.251 e. The molecule has 110 valence electrons. The number of nitrogens with one attached hydrogen (secondary N) is 2. The molecule has 0 fully saturated rings. The Kier molecular flexibility index (Phi) is 6.28. The Balaban J connectivity index is 2.75. The molecule has 0 aromatic heterocycles. The van der Waals surface area contributed by atoms with E-state index in [4.69, 9.17) is 9.47 Å². The number of halogens is 1. The molecule has 1 aromatic rings. The van der Waals surface area contributed by atoms with E-state index in [0.717, 1.165) is 0 Å². The fraction of sp³-hybridized carbons (Fsp3) is 0.385. The van der Waals surface area contributed by atoms with Crippen LogP contribution in [0.3, 0.4) is 0 Å². The van der Waals surface area contributed by atoms with Crippen LogP contribution in [0, 0.1) is 0 Å². The second kappa shape index (κ2) is 7.98. The van der Waals surface area contributed by atoms with Crippen LogP contribution < -0.4 is 20.1 Å². The molecule has 0 aliphatic carbocycles. The number of alkyl halides is 1. The van der Waals surface area contributed by atoms with Crippen molar-refractivity contribution >= 4 is 11.8 Å². The van der Waals surface area contributed by atoms with E-state index < -0.39 is 12.6 Å². The molecule has 20 heavy (non-hydrogen) atoms. The summed E-state index contributed by atoms with van der Waals surface area (Å²) in [6, 6.07) is 4.49. The molecule has 0 spiro atoms. The average molecular weight is 284 g/mol. The van der Waals surface area contributed by atoms with Gasteiger partial charge in [0.1, 0.15) is 13.3 Å². The molecule has 1 aromatic carbocycles. The molecule has 0 saturated heterocycles. The molecule has 1 rings (SSSR count). The summed E-state index contributed by atoms with van der Waals surface area (Å²) in [5.41, 5.74) is 0.318. The predicted octanol–water partition coefficient (Wildman–Crippen LogP) is 0.519. The molecule has 0 saturated carbocycles. The largest absolute Gasteiger partial charge is 0.493 e. The highest BCUT2D eigenvalue weighted by Crippen LogP contribution is 2.27. The minimum Gasteiger partial charge on any atom is -0.493 e. The van der Waals surface area contributed by atoms with Crippen molar-refractivity contribution < 1.29 is 23.5 Å². The van der Waals surface area contributed by atoms with Crippen LogP contribution in [0.1, 0.15) is 10.4 Å². The van der Waals surface area contributed by atoms with Crippen LogP contribution in [-0.4, -0.2) is 45.8 Å². The standard InChI is InChI=1S/C13H17FN2O4/c1-15-12(17)8-16-13(18)9-3-4-10(20-6-5-14)11(7-9)19-2/h3-4,7H,5-6,8H2,1-2H3,(H,15,17)(H,16,18). The van der Waals surface area contributed by atoms with Crippen LogP contribution in [0.25, 0.3) is 0 Å². The maximum Gasteiger partial charge on any atom is 0.251 e.